The second-order valence-electron chi connectivity index (χ2n) is 20.6. The van der Waals surface area contributed by atoms with E-state index in [0.717, 1.165) is 30.9 Å². The smallest absolute Gasteiger partial charge is 0.414 e. The molecule has 4 N–H and O–H groups in total. The Morgan fingerprint density at radius 1 is 0.544 bits per heavy atom. The van der Waals surface area contributed by atoms with Gasteiger partial charge < -0.3 is 30.4 Å². The maximum Gasteiger partial charge on any atom is 0.414 e. The summed E-state index contributed by atoms with van der Waals surface area (Å²) in [7, 11) is 0. The summed E-state index contributed by atoms with van der Waals surface area (Å²) in [6.45, 7) is 31.2. The number of Topliss-reactive ketones (excluding diaryl/α,β-unsaturated/α-hetero) is 1. The molecule has 0 spiro atoms. The van der Waals surface area contributed by atoms with Crippen LogP contribution in [0.25, 0.3) is 19.4 Å². The highest BCUT2D eigenvalue weighted by molar-refractivity contribution is 7.14. The molecule has 3 saturated heterocycles. The fourth-order valence-corrected chi connectivity index (χ4v) is 10.7. The van der Waals surface area contributed by atoms with Crippen LogP contribution in [0.1, 0.15) is 68.8 Å². The number of benzene rings is 6. The minimum atomic E-state index is -0.896. The minimum absolute atomic E-state index is 0.00865. The number of nitrogens with one attached hydrogen (secondary N) is 1. The Labute approximate surface area is 520 Å². The Kier molecular flexibility index (Phi) is 20.1. The fraction of sp³-hybridized carbons (Fsp3) is 0.212. The lowest BCUT2D eigenvalue weighted by molar-refractivity contribution is 0.0549. The maximum atomic E-state index is 12.4. The summed E-state index contributed by atoms with van der Waals surface area (Å²) in [5.74, 6) is -1.42. The number of rotatable bonds is 15. The Hall–Kier alpha value is -11.5. The molecule has 1 aromatic heterocycles. The number of ether oxygens (including phenoxy) is 3. The first-order valence-corrected chi connectivity index (χ1v) is 28.8. The summed E-state index contributed by atoms with van der Waals surface area (Å²) in [5, 5.41) is 13.1. The summed E-state index contributed by atoms with van der Waals surface area (Å²) >= 11 is 1.49. The van der Waals surface area contributed by atoms with Crippen molar-refractivity contribution in [3.8, 4) is 0 Å². The summed E-state index contributed by atoms with van der Waals surface area (Å²) in [4.78, 5) is 119. The number of anilines is 4. The molecule has 90 heavy (non-hydrogen) atoms. The van der Waals surface area contributed by atoms with Gasteiger partial charge in [-0.2, -0.15) is 0 Å². The zero-order valence-electron chi connectivity index (χ0n) is 48.1. The summed E-state index contributed by atoms with van der Waals surface area (Å²) in [6, 6.07) is 44.0. The van der Waals surface area contributed by atoms with E-state index < -0.39 is 24.4 Å². The highest BCUT2D eigenvalue weighted by Crippen LogP contribution is 2.31. The van der Waals surface area contributed by atoms with E-state index in [1.807, 2.05) is 19.1 Å². The third kappa shape index (κ3) is 14.8. The van der Waals surface area contributed by atoms with Gasteiger partial charge in [-0.05, 0) is 98.3 Å². The number of aliphatic hydroxyl groups excluding tert-OH is 1. The number of carbonyl (C=O) groups excluding carboxylic acids is 8. The Bertz CT molecular complexity index is 3990. The van der Waals surface area contributed by atoms with Crippen molar-refractivity contribution in [3.05, 3.63) is 235 Å². The molecule has 7 aromatic rings. The Balaban J connectivity index is 0.000000144. The number of β-amino-alcohol motifs (C(OH)–C–C–N with tert-alkyl or cyclic N) is 1. The molecule has 5 aliphatic heterocycles. The lowest BCUT2D eigenvalue weighted by Crippen LogP contribution is -2.39. The number of carbonyl (C=O) groups is 8. The van der Waals surface area contributed by atoms with Crippen LogP contribution < -0.4 is 25.8 Å². The first-order chi connectivity index (χ1) is 43.5. The molecule has 5 aliphatic rings. The number of imide groups is 2. The second-order valence-corrected chi connectivity index (χ2v) is 21.9. The van der Waals surface area contributed by atoms with Crippen LogP contribution in [-0.4, -0.2) is 133 Å². The van der Waals surface area contributed by atoms with Gasteiger partial charge in [-0.25, -0.2) is 33.8 Å². The molecule has 12 rings (SSSR count). The van der Waals surface area contributed by atoms with Crippen LogP contribution in [0.3, 0.4) is 0 Å². The zero-order chi connectivity index (χ0) is 64.0. The van der Waals surface area contributed by atoms with Crippen molar-refractivity contribution < 1.29 is 57.7 Å². The maximum absolute atomic E-state index is 12.4. The first-order valence-electron chi connectivity index (χ1n) is 28.0. The van der Waals surface area contributed by atoms with E-state index in [-0.39, 0.29) is 73.9 Å². The van der Waals surface area contributed by atoms with Crippen molar-refractivity contribution in [3.63, 3.8) is 0 Å². The van der Waals surface area contributed by atoms with Crippen LogP contribution in [0.2, 0.25) is 0 Å². The van der Waals surface area contributed by atoms with Gasteiger partial charge >= 0.3 is 18.3 Å². The Morgan fingerprint density at radius 3 is 1.31 bits per heavy atom. The molecule has 452 valence electrons. The highest BCUT2D eigenvalue weighted by atomic mass is 32.1. The van der Waals surface area contributed by atoms with Crippen LogP contribution in [0.4, 0.5) is 59.9 Å². The standard InChI is InChI=1S/C19H13N3O4.C18H15N3O3.C18H16N2O3S.C11H11N3O2/c1-20-12-6-8-13(9-7-12)21-10-14(26-19(21)25)11-22-17(23)15-4-2-3-5-16(15)18(22)24;1-19-12-6-8-13(9-7-12)20-10-14(22)11-21-17(23)15-4-2-3-5-16(15)18(21)24;1-12-3-10-17(24-12)16(21)9-8-15-11-20(18(22)23-15)14-6-4-13(19-2)5-7-14;1-13-8-2-4-9(5-3-8)14-7-10(6-12)16-11(14)15/h2-9,14H,10-11H2;2-9,14,20,22H,10-11H2;3-7,10,15H,8-9,11H2,1H3;2-5,10H,6-7,12H2/t2*14-;15-;10-/m1100/s1. The Morgan fingerprint density at radius 2 is 0.922 bits per heavy atom. The number of aliphatic hydroxyl groups is 1. The van der Waals surface area contributed by atoms with Crippen LogP contribution >= 0.6 is 11.3 Å². The van der Waals surface area contributed by atoms with E-state index in [1.54, 1.807) is 146 Å². The predicted octanol–water partition coefficient (Wildman–Crippen LogP) is 11.3. The quantitative estimate of drug-likeness (QED) is 0.0373. The van der Waals surface area contributed by atoms with Gasteiger partial charge in [0.25, 0.3) is 23.6 Å². The van der Waals surface area contributed by atoms with Gasteiger partial charge in [0.15, 0.2) is 28.5 Å². The molecule has 0 aliphatic carbocycles. The van der Waals surface area contributed by atoms with Crippen molar-refractivity contribution in [2.45, 2.75) is 44.2 Å². The number of hydrogen-bond donors (Lipinski definition) is 3. The highest BCUT2D eigenvalue weighted by Gasteiger charge is 2.41. The average molecular weight is 1230 g/mol. The van der Waals surface area contributed by atoms with E-state index in [9.17, 15) is 43.5 Å². The van der Waals surface area contributed by atoms with Crippen LogP contribution in [0.5, 0.6) is 0 Å². The van der Waals surface area contributed by atoms with Gasteiger partial charge in [0.2, 0.25) is 0 Å². The van der Waals surface area contributed by atoms with E-state index in [1.165, 1.54) is 26.0 Å². The third-order valence-corrected chi connectivity index (χ3v) is 15.6. The number of cyclic esters (lactones) is 3. The van der Waals surface area contributed by atoms with E-state index in [4.69, 9.17) is 46.2 Å². The molecule has 0 bridgehead atoms. The second kappa shape index (κ2) is 28.8. The third-order valence-electron chi connectivity index (χ3n) is 14.5. The van der Waals surface area contributed by atoms with Crippen molar-refractivity contribution in [2.24, 2.45) is 5.73 Å². The van der Waals surface area contributed by atoms with Crippen LogP contribution in [-0.2, 0) is 14.2 Å². The lowest BCUT2D eigenvalue weighted by Gasteiger charge is -2.19. The minimum Gasteiger partial charge on any atom is -0.444 e. The molecule has 7 amide bonds. The summed E-state index contributed by atoms with van der Waals surface area (Å²) in [5.41, 5.74) is 11.8. The molecule has 6 aromatic carbocycles. The van der Waals surface area contributed by atoms with Crippen molar-refractivity contribution in [2.75, 3.05) is 65.8 Å². The average Bonchev–Trinajstić information content (AvgIpc) is 1.68. The van der Waals surface area contributed by atoms with Gasteiger partial charge in [0.05, 0.1) is 92.2 Å². The number of nitrogens with zero attached hydrogens (tertiary/aromatic N) is 9. The number of nitrogens with two attached hydrogens (primary N) is 1. The number of aryl methyl sites for hydroxylation is 1. The predicted molar refractivity (Wildman–Crippen MR) is 333 cm³/mol. The van der Waals surface area contributed by atoms with Gasteiger partial charge in [-0.3, -0.25) is 48.5 Å². The van der Waals surface area contributed by atoms with Gasteiger partial charge in [0, 0.05) is 47.1 Å². The van der Waals surface area contributed by atoms with E-state index >= 15 is 0 Å². The molecular weight excluding hydrogens is 1170 g/mol. The number of thiophene rings is 1. The first kappa shape index (κ1) is 63.0. The topological polar surface area (TPSA) is 256 Å². The molecule has 6 heterocycles. The number of fused-ring (bicyclic) bond motifs is 2. The van der Waals surface area contributed by atoms with Crippen molar-refractivity contribution in [1.29, 1.82) is 0 Å². The van der Waals surface area contributed by atoms with Gasteiger partial charge in [-0.15, -0.1) is 11.3 Å². The monoisotopic (exact) mass is 1230 g/mol. The number of ketones is 1. The van der Waals surface area contributed by atoms with E-state index in [2.05, 4.69) is 24.7 Å². The van der Waals surface area contributed by atoms with Crippen LogP contribution in [0, 0.1) is 33.2 Å². The molecule has 0 radical (unpaired) electrons. The molecule has 0 saturated carbocycles. The molecular formula is C66H55N11O12S. The SMILES string of the molecule is [C-]#[N+]c1ccc(N2C[C@H](CCC(=O)c3ccc(C)s3)OC2=O)cc1.[C-]#[N+]c1ccc(N2C[C@H](CN)OC2=O)cc1.[C-]#[N+]c1ccc(N2C[C@H](CN3C(=O)c4ccccc4C3=O)OC2=O)cc1.[C-]#[N+]c1ccc(NC[C@@H](O)CN2C(=O)c3ccccc3C2=O)cc1. The largest absolute Gasteiger partial charge is 0.444 e. The molecule has 0 unspecified atom stereocenters. The van der Waals surface area contributed by atoms with Crippen molar-refractivity contribution in [1.82, 2.24) is 9.80 Å². The number of amides is 7. The van der Waals surface area contributed by atoms with Gasteiger partial charge in [-0.1, -0.05) is 72.8 Å². The number of hydrogen-bond acceptors (Lipinski definition) is 15. The molecule has 23 nitrogen and oxygen atoms in total. The molecule has 24 heteroatoms. The molecule has 3 fully saturated rings. The fourth-order valence-electron chi connectivity index (χ4n) is 9.86. The zero-order valence-corrected chi connectivity index (χ0v) is 48.9. The van der Waals surface area contributed by atoms with Crippen molar-refractivity contribution >= 4 is 105 Å². The summed E-state index contributed by atoms with van der Waals surface area (Å²) < 4.78 is 15.7. The lowest BCUT2D eigenvalue weighted by atomic mass is 10.1. The van der Waals surface area contributed by atoms with Crippen LogP contribution in [0.15, 0.2) is 158 Å². The van der Waals surface area contributed by atoms with E-state index in [0.29, 0.717) is 88.9 Å². The van der Waals surface area contributed by atoms with Gasteiger partial charge in [0.1, 0.15) is 18.3 Å². The molecule has 4 atom stereocenters. The summed E-state index contributed by atoms with van der Waals surface area (Å²) in [6.07, 6.45) is -2.49. The normalized spacial score (nSPS) is 17.1.